The monoisotopic (exact) mass is 451 g/mol. The summed E-state index contributed by atoms with van der Waals surface area (Å²) in [5, 5.41) is 15.1. The van der Waals surface area contributed by atoms with Gasteiger partial charge < -0.3 is 15.2 Å². The molecule has 7 nitrogen and oxygen atoms in total. The van der Waals surface area contributed by atoms with Gasteiger partial charge >= 0.3 is 0 Å². The molecule has 3 rings (SSSR count). The number of nitrogens with zero attached hydrogens (tertiary/aromatic N) is 3. The Morgan fingerprint density at radius 1 is 1.00 bits per heavy atom. The van der Waals surface area contributed by atoms with Crippen LogP contribution in [0.25, 0.3) is 0 Å². The number of aromatic nitrogens is 3. The first-order valence-corrected chi connectivity index (χ1v) is 11.7. The topological polar surface area (TPSA) is 88.9 Å². The molecule has 0 radical (unpaired) electrons. The van der Waals surface area contributed by atoms with Crippen LogP contribution in [0.5, 0.6) is 0 Å². The molecule has 0 atom stereocenters. The quantitative estimate of drug-likeness (QED) is 0.478. The van der Waals surface area contributed by atoms with Gasteiger partial charge in [-0.25, -0.2) is 0 Å². The molecule has 0 fully saturated rings. The third-order valence-electron chi connectivity index (χ3n) is 5.24. The number of anilines is 1. The Hall–Kier alpha value is -3.13. The van der Waals surface area contributed by atoms with Crippen LogP contribution in [-0.2, 0) is 24.3 Å². The number of hydrogen-bond acceptors (Lipinski definition) is 5. The normalized spacial score (nSPS) is 10.8. The van der Waals surface area contributed by atoms with E-state index in [-0.39, 0.29) is 24.1 Å². The zero-order chi connectivity index (χ0) is 23.1. The fourth-order valence-electron chi connectivity index (χ4n) is 3.46. The van der Waals surface area contributed by atoms with E-state index in [4.69, 9.17) is 0 Å². The van der Waals surface area contributed by atoms with Gasteiger partial charge in [-0.1, -0.05) is 55.1 Å². The largest absolute Gasteiger partial charge is 0.345 e. The number of aryl methyl sites for hydroxylation is 3. The number of para-hydroxylation sites is 1. The van der Waals surface area contributed by atoms with Crippen molar-refractivity contribution in [3.05, 3.63) is 70.5 Å². The highest BCUT2D eigenvalue weighted by atomic mass is 32.2. The van der Waals surface area contributed by atoms with Crippen molar-refractivity contribution in [2.24, 2.45) is 0 Å². The maximum Gasteiger partial charge on any atom is 0.251 e. The number of amides is 2. The molecule has 2 N–H and O–H groups in total. The van der Waals surface area contributed by atoms with Crippen molar-refractivity contribution < 1.29 is 9.59 Å². The third kappa shape index (κ3) is 5.56. The minimum atomic E-state index is -0.146. The van der Waals surface area contributed by atoms with Gasteiger partial charge in [-0.2, -0.15) is 0 Å². The van der Waals surface area contributed by atoms with Crippen LogP contribution in [-0.4, -0.2) is 32.3 Å². The number of benzene rings is 2. The van der Waals surface area contributed by atoms with E-state index in [2.05, 4.69) is 27.8 Å². The third-order valence-corrected chi connectivity index (χ3v) is 6.21. The summed E-state index contributed by atoms with van der Waals surface area (Å²) in [4.78, 5) is 25.1. The fraction of sp³-hybridized carbons (Fsp3) is 0.333. The summed E-state index contributed by atoms with van der Waals surface area (Å²) < 4.78 is 1.92. The lowest BCUT2D eigenvalue weighted by atomic mass is 10.1. The van der Waals surface area contributed by atoms with E-state index >= 15 is 0 Å². The van der Waals surface area contributed by atoms with Gasteiger partial charge in [-0.3, -0.25) is 9.59 Å². The van der Waals surface area contributed by atoms with Gasteiger partial charge in [0.25, 0.3) is 5.91 Å². The molecule has 0 aliphatic rings. The average Bonchev–Trinajstić information content (AvgIpc) is 3.19. The summed E-state index contributed by atoms with van der Waals surface area (Å²) in [5.74, 6) is 0.654. The Bertz CT molecular complexity index is 1110. The van der Waals surface area contributed by atoms with Crippen LogP contribution in [0.4, 0.5) is 5.69 Å². The molecular weight excluding hydrogens is 422 g/mol. The second-order valence-corrected chi connectivity index (χ2v) is 8.38. The Labute approximate surface area is 193 Å². The lowest BCUT2D eigenvalue weighted by Gasteiger charge is -2.13. The maximum absolute atomic E-state index is 12.6. The van der Waals surface area contributed by atoms with Crippen LogP contribution < -0.4 is 10.6 Å². The molecule has 0 spiro atoms. The van der Waals surface area contributed by atoms with E-state index in [1.54, 1.807) is 6.07 Å². The Balaban J connectivity index is 1.61. The van der Waals surface area contributed by atoms with E-state index in [0.717, 1.165) is 28.8 Å². The summed E-state index contributed by atoms with van der Waals surface area (Å²) in [6.07, 6.45) is 0.853. The Morgan fingerprint density at radius 3 is 2.47 bits per heavy atom. The molecule has 1 aromatic heterocycles. The average molecular weight is 452 g/mol. The summed E-state index contributed by atoms with van der Waals surface area (Å²) in [5.41, 5.74) is 4.61. The predicted octanol–water partition coefficient (Wildman–Crippen LogP) is 4.14. The second-order valence-electron chi connectivity index (χ2n) is 7.44. The number of carbonyl (C=O) groups is 2. The molecule has 8 heteroatoms. The van der Waals surface area contributed by atoms with Crippen molar-refractivity contribution in [1.29, 1.82) is 0 Å². The highest BCUT2D eigenvalue weighted by Gasteiger charge is 2.16. The zero-order valence-corrected chi connectivity index (χ0v) is 19.8. The fourth-order valence-corrected chi connectivity index (χ4v) is 4.29. The molecule has 0 unspecified atom stereocenters. The smallest absolute Gasteiger partial charge is 0.251 e. The Morgan fingerprint density at radius 2 is 1.75 bits per heavy atom. The zero-order valence-electron chi connectivity index (χ0n) is 18.9. The maximum atomic E-state index is 12.6. The first kappa shape index (κ1) is 23.5. The van der Waals surface area contributed by atoms with Crippen LogP contribution >= 0.6 is 11.8 Å². The van der Waals surface area contributed by atoms with E-state index in [9.17, 15) is 9.59 Å². The molecule has 0 aliphatic heterocycles. The van der Waals surface area contributed by atoms with Crippen LogP contribution in [0.2, 0.25) is 0 Å². The predicted molar refractivity (Wildman–Crippen MR) is 128 cm³/mol. The van der Waals surface area contributed by atoms with Crippen molar-refractivity contribution in [3.8, 4) is 0 Å². The van der Waals surface area contributed by atoms with Crippen LogP contribution in [0.3, 0.4) is 0 Å². The summed E-state index contributed by atoms with van der Waals surface area (Å²) >= 11 is 1.34. The van der Waals surface area contributed by atoms with Crippen molar-refractivity contribution in [3.63, 3.8) is 0 Å². The first-order valence-electron chi connectivity index (χ1n) is 10.7. The highest BCUT2D eigenvalue weighted by Crippen LogP contribution is 2.22. The van der Waals surface area contributed by atoms with Gasteiger partial charge in [-0.15, -0.1) is 10.2 Å². The van der Waals surface area contributed by atoms with Crippen molar-refractivity contribution in [1.82, 2.24) is 20.1 Å². The molecule has 2 amide bonds. The SMILES string of the molecule is CCc1cccc(C)c1NC(=O)CSc1nnc(CNC(=O)c2ccccc2C)n1CC. The summed E-state index contributed by atoms with van der Waals surface area (Å²) in [6.45, 7) is 8.87. The Kier molecular flexibility index (Phi) is 8.05. The van der Waals surface area contributed by atoms with Gasteiger partial charge in [0, 0.05) is 17.8 Å². The number of thioether (sulfide) groups is 1. The molecule has 0 aliphatic carbocycles. The molecule has 0 saturated heterocycles. The second kappa shape index (κ2) is 10.9. The number of carbonyl (C=O) groups excluding carboxylic acids is 2. The number of hydrogen-bond donors (Lipinski definition) is 2. The lowest BCUT2D eigenvalue weighted by molar-refractivity contribution is -0.113. The van der Waals surface area contributed by atoms with E-state index < -0.39 is 0 Å². The van der Waals surface area contributed by atoms with Crippen LogP contribution in [0.15, 0.2) is 47.6 Å². The van der Waals surface area contributed by atoms with Crippen LogP contribution in [0, 0.1) is 13.8 Å². The van der Waals surface area contributed by atoms with E-state index in [1.807, 2.05) is 61.7 Å². The summed E-state index contributed by atoms with van der Waals surface area (Å²) in [6, 6.07) is 13.5. The van der Waals surface area contributed by atoms with Gasteiger partial charge in [0.1, 0.15) is 0 Å². The standard InChI is InChI=1S/C24H29N5O2S/c1-5-18-12-9-11-17(4)22(18)26-21(30)15-32-24-28-27-20(29(24)6-2)14-25-23(31)19-13-8-7-10-16(19)3/h7-13H,5-6,14-15H2,1-4H3,(H,25,31)(H,26,30). The number of nitrogens with one attached hydrogen (secondary N) is 2. The molecule has 0 bridgehead atoms. The van der Waals surface area contributed by atoms with Crippen molar-refractivity contribution >= 4 is 29.3 Å². The molecular formula is C24H29N5O2S. The van der Waals surface area contributed by atoms with E-state index in [1.165, 1.54) is 11.8 Å². The lowest BCUT2D eigenvalue weighted by Crippen LogP contribution is -2.25. The van der Waals surface area contributed by atoms with Crippen molar-refractivity contribution in [2.75, 3.05) is 11.1 Å². The molecule has 3 aromatic rings. The minimum absolute atomic E-state index is 0.0842. The molecule has 1 heterocycles. The van der Waals surface area contributed by atoms with Gasteiger partial charge in [0.15, 0.2) is 11.0 Å². The van der Waals surface area contributed by atoms with Gasteiger partial charge in [-0.05, 0) is 49.9 Å². The molecule has 32 heavy (non-hydrogen) atoms. The van der Waals surface area contributed by atoms with Gasteiger partial charge in [0.05, 0.1) is 12.3 Å². The van der Waals surface area contributed by atoms with Crippen molar-refractivity contribution in [2.45, 2.75) is 52.4 Å². The highest BCUT2D eigenvalue weighted by molar-refractivity contribution is 7.99. The first-order chi connectivity index (χ1) is 15.4. The minimum Gasteiger partial charge on any atom is -0.345 e. The molecule has 0 saturated carbocycles. The molecule has 168 valence electrons. The summed E-state index contributed by atoms with van der Waals surface area (Å²) in [7, 11) is 0. The van der Waals surface area contributed by atoms with Crippen LogP contribution in [0.1, 0.15) is 46.7 Å². The number of rotatable bonds is 9. The molecule has 2 aromatic carbocycles. The van der Waals surface area contributed by atoms with Gasteiger partial charge in [0.2, 0.25) is 5.91 Å². The van der Waals surface area contributed by atoms with E-state index in [0.29, 0.717) is 23.1 Å².